The van der Waals surface area contributed by atoms with Crippen LogP contribution in [0.1, 0.15) is 25.3 Å². The normalized spacial score (nSPS) is 10.5. The van der Waals surface area contributed by atoms with Gasteiger partial charge in [0.05, 0.1) is 30.6 Å². The topological polar surface area (TPSA) is 98.2 Å². The van der Waals surface area contributed by atoms with Crippen LogP contribution in [0.4, 0.5) is 5.69 Å². The third kappa shape index (κ3) is 7.21. The third-order valence-electron chi connectivity index (χ3n) is 3.89. The van der Waals surface area contributed by atoms with E-state index in [1.54, 1.807) is 44.6 Å². The van der Waals surface area contributed by atoms with E-state index in [4.69, 9.17) is 14.2 Å². The van der Waals surface area contributed by atoms with E-state index in [2.05, 4.69) is 38.4 Å². The first-order valence-electron chi connectivity index (χ1n) is 9.23. The molecule has 160 valence electrons. The first kappa shape index (κ1) is 23.5. The number of carbonyl (C=O) groups is 2. The van der Waals surface area contributed by atoms with E-state index >= 15 is 0 Å². The highest BCUT2D eigenvalue weighted by Gasteiger charge is 2.11. The smallest absolute Gasteiger partial charge is 0.240 e. The van der Waals surface area contributed by atoms with E-state index in [0.717, 1.165) is 9.13 Å². The third-order valence-corrected chi connectivity index (χ3v) is 4.69. The number of halogens is 1. The lowest BCUT2D eigenvalue weighted by molar-refractivity contribution is -0.124. The van der Waals surface area contributed by atoms with Crippen molar-refractivity contribution < 1.29 is 23.8 Å². The standard InChI is InChI=1S/C21H24IN3O5/c1-4-30-18-12-14(11-17(22)21(18)29-3)13-23-25-20(27)10-9-19(26)24-15-5-7-16(28-2)8-6-15/h5-8,11-13H,4,9-10H2,1-3H3,(H,24,26)(H,25,27). The Labute approximate surface area is 189 Å². The SMILES string of the molecule is CCOc1cc(C=NNC(=O)CCC(=O)Nc2ccc(OC)cc2)cc(I)c1OC. The number of anilines is 1. The highest BCUT2D eigenvalue weighted by Crippen LogP contribution is 2.33. The molecule has 0 aromatic heterocycles. The van der Waals surface area contributed by atoms with Gasteiger partial charge in [-0.05, 0) is 71.5 Å². The molecule has 0 aliphatic heterocycles. The van der Waals surface area contributed by atoms with Gasteiger partial charge in [-0.1, -0.05) is 0 Å². The van der Waals surface area contributed by atoms with Crippen molar-refractivity contribution in [2.24, 2.45) is 5.10 Å². The molecule has 0 bridgehead atoms. The van der Waals surface area contributed by atoms with Crippen LogP contribution in [0.15, 0.2) is 41.5 Å². The van der Waals surface area contributed by atoms with E-state index in [9.17, 15) is 9.59 Å². The highest BCUT2D eigenvalue weighted by atomic mass is 127. The van der Waals surface area contributed by atoms with Crippen LogP contribution in [0.5, 0.6) is 17.2 Å². The van der Waals surface area contributed by atoms with E-state index in [-0.39, 0.29) is 24.7 Å². The molecule has 0 radical (unpaired) electrons. The van der Waals surface area contributed by atoms with Gasteiger partial charge in [-0.25, -0.2) is 5.43 Å². The molecule has 0 saturated carbocycles. The molecule has 9 heteroatoms. The van der Waals surface area contributed by atoms with Gasteiger partial charge in [0.1, 0.15) is 5.75 Å². The molecule has 0 saturated heterocycles. The van der Waals surface area contributed by atoms with Crippen LogP contribution in [0.3, 0.4) is 0 Å². The number of amides is 2. The summed E-state index contributed by atoms with van der Waals surface area (Å²) >= 11 is 2.14. The number of methoxy groups -OCH3 is 2. The fraction of sp³-hybridized carbons (Fsp3) is 0.286. The van der Waals surface area contributed by atoms with Crippen LogP contribution in [0.25, 0.3) is 0 Å². The predicted octanol–water partition coefficient (Wildman–Crippen LogP) is 3.58. The lowest BCUT2D eigenvalue weighted by atomic mass is 10.2. The summed E-state index contributed by atoms with van der Waals surface area (Å²) in [7, 11) is 3.15. The van der Waals surface area contributed by atoms with Gasteiger partial charge in [0.2, 0.25) is 11.8 Å². The number of nitrogens with zero attached hydrogens (tertiary/aromatic N) is 1. The van der Waals surface area contributed by atoms with Crippen molar-refractivity contribution in [2.75, 3.05) is 26.1 Å². The average Bonchev–Trinajstić information content (AvgIpc) is 2.73. The van der Waals surface area contributed by atoms with E-state index < -0.39 is 0 Å². The number of nitrogens with one attached hydrogen (secondary N) is 2. The summed E-state index contributed by atoms with van der Waals surface area (Å²) in [6.07, 6.45) is 1.57. The van der Waals surface area contributed by atoms with Gasteiger partial charge in [-0.15, -0.1) is 0 Å². The molecule has 2 amide bonds. The highest BCUT2D eigenvalue weighted by molar-refractivity contribution is 14.1. The second-order valence-corrected chi connectivity index (χ2v) is 7.20. The zero-order chi connectivity index (χ0) is 21.9. The van der Waals surface area contributed by atoms with E-state index in [1.165, 1.54) is 6.21 Å². The van der Waals surface area contributed by atoms with Crippen LogP contribution in [-0.2, 0) is 9.59 Å². The number of hydrogen-bond donors (Lipinski definition) is 2. The minimum atomic E-state index is -0.357. The molecule has 8 nitrogen and oxygen atoms in total. The summed E-state index contributed by atoms with van der Waals surface area (Å²) in [4.78, 5) is 23.9. The summed E-state index contributed by atoms with van der Waals surface area (Å²) < 4.78 is 16.8. The van der Waals surface area contributed by atoms with E-state index in [1.807, 2.05) is 13.0 Å². The monoisotopic (exact) mass is 525 g/mol. The molecule has 2 aromatic carbocycles. The van der Waals surface area contributed by atoms with Gasteiger partial charge >= 0.3 is 0 Å². The largest absolute Gasteiger partial charge is 0.497 e. The zero-order valence-corrected chi connectivity index (χ0v) is 19.2. The molecule has 0 aliphatic carbocycles. The van der Waals surface area contributed by atoms with Gasteiger partial charge in [-0.3, -0.25) is 9.59 Å². The molecule has 0 aliphatic rings. The van der Waals surface area contributed by atoms with Crippen LogP contribution in [-0.4, -0.2) is 38.9 Å². The lowest BCUT2D eigenvalue weighted by Gasteiger charge is -2.11. The molecule has 0 spiro atoms. The Morgan fingerprint density at radius 2 is 1.77 bits per heavy atom. The summed E-state index contributed by atoms with van der Waals surface area (Å²) in [5, 5.41) is 6.68. The second-order valence-electron chi connectivity index (χ2n) is 6.04. The summed E-state index contributed by atoms with van der Waals surface area (Å²) in [5.41, 5.74) is 3.81. The van der Waals surface area contributed by atoms with Crippen molar-refractivity contribution in [3.8, 4) is 17.2 Å². The van der Waals surface area contributed by atoms with E-state index in [0.29, 0.717) is 29.5 Å². The zero-order valence-electron chi connectivity index (χ0n) is 17.0. The minimum Gasteiger partial charge on any atom is -0.497 e. The molecule has 2 aromatic rings. The molecule has 0 heterocycles. The molecule has 2 rings (SSSR count). The van der Waals surface area contributed by atoms with Crippen LogP contribution >= 0.6 is 22.6 Å². The first-order valence-corrected chi connectivity index (χ1v) is 10.3. The molecule has 30 heavy (non-hydrogen) atoms. The first-order chi connectivity index (χ1) is 14.5. The fourth-order valence-electron chi connectivity index (χ4n) is 2.48. The quantitative estimate of drug-likeness (QED) is 0.281. The van der Waals surface area contributed by atoms with Crippen LogP contribution < -0.4 is 25.0 Å². The molecular formula is C21H24IN3O5. The molecular weight excluding hydrogens is 501 g/mol. The number of hydrogen-bond acceptors (Lipinski definition) is 6. The Balaban J connectivity index is 1.83. The minimum absolute atomic E-state index is 0.0175. The average molecular weight is 525 g/mol. The van der Waals surface area contributed by atoms with Gasteiger partial charge in [0.15, 0.2) is 11.5 Å². The summed E-state index contributed by atoms with van der Waals surface area (Å²) in [6, 6.07) is 10.6. The molecule has 2 N–H and O–H groups in total. The van der Waals surface area contributed by atoms with Crippen molar-refractivity contribution in [2.45, 2.75) is 19.8 Å². The maximum absolute atomic E-state index is 12.0. The Kier molecular flexibility index (Phi) is 9.39. The number of ether oxygens (including phenoxy) is 3. The van der Waals surface area contributed by atoms with Gasteiger partial charge < -0.3 is 19.5 Å². The van der Waals surface area contributed by atoms with Crippen molar-refractivity contribution in [1.82, 2.24) is 5.43 Å². The molecule has 0 fully saturated rings. The Morgan fingerprint density at radius 1 is 1.07 bits per heavy atom. The number of carbonyl (C=O) groups excluding carboxylic acids is 2. The number of rotatable bonds is 10. The fourth-order valence-corrected chi connectivity index (χ4v) is 3.33. The van der Waals surface area contributed by atoms with Crippen molar-refractivity contribution in [3.63, 3.8) is 0 Å². The molecule has 0 unspecified atom stereocenters. The van der Waals surface area contributed by atoms with Crippen LogP contribution in [0, 0.1) is 3.57 Å². The van der Waals surface area contributed by atoms with Crippen molar-refractivity contribution in [1.29, 1.82) is 0 Å². The second kappa shape index (κ2) is 12.0. The van der Waals surface area contributed by atoms with Crippen LogP contribution in [0.2, 0.25) is 0 Å². The Bertz CT molecular complexity index is 900. The maximum Gasteiger partial charge on any atom is 0.240 e. The van der Waals surface area contributed by atoms with Gasteiger partial charge in [0, 0.05) is 18.5 Å². The van der Waals surface area contributed by atoms with Gasteiger partial charge in [-0.2, -0.15) is 5.10 Å². The van der Waals surface area contributed by atoms with Gasteiger partial charge in [0.25, 0.3) is 0 Å². The summed E-state index contributed by atoms with van der Waals surface area (Å²) in [5.74, 6) is 1.34. The Hall–Kier alpha value is -2.82. The Morgan fingerprint density at radius 3 is 2.40 bits per heavy atom. The maximum atomic E-state index is 12.0. The predicted molar refractivity (Wildman–Crippen MR) is 123 cm³/mol. The lowest BCUT2D eigenvalue weighted by Crippen LogP contribution is -2.20. The van der Waals surface area contributed by atoms with Crippen molar-refractivity contribution >= 4 is 46.3 Å². The van der Waals surface area contributed by atoms with Crippen molar-refractivity contribution in [3.05, 3.63) is 45.5 Å². The number of hydrazone groups is 1. The number of benzene rings is 2. The summed E-state index contributed by atoms with van der Waals surface area (Å²) in [6.45, 7) is 2.39. The molecule has 0 atom stereocenters.